The summed E-state index contributed by atoms with van der Waals surface area (Å²) in [6.45, 7) is 2.06. The van der Waals surface area contributed by atoms with Crippen LogP contribution >= 0.6 is 11.6 Å². The maximum Gasteiger partial charge on any atom is 0.0878 e. The Morgan fingerprint density at radius 1 is 1.30 bits per heavy atom. The molecule has 0 bridgehead atoms. The molecule has 6 heteroatoms. The second-order valence-corrected chi connectivity index (χ2v) is 4.93. The lowest BCUT2D eigenvalue weighted by Crippen LogP contribution is -2.10. The van der Waals surface area contributed by atoms with Crippen molar-refractivity contribution in [1.29, 1.82) is 0 Å². The highest BCUT2D eigenvalue weighted by Gasteiger charge is 2.11. The third kappa shape index (κ3) is 2.53. The van der Waals surface area contributed by atoms with Crippen LogP contribution in [0.5, 0.6) is 0 Å². The molecule has 0 aliphatic carbocycles. The lowest BCUT2D eigenvalue weighted by molar-refractivity contribution is 0.816. The fourth-order valence-electron chi connectivity index (χ4n) is 2.05. The first-order chi connectivity index (χ1) is 9.74. The zero-order valence-corrected chi connectivity index (χ0v) is 11.7. The van der Waals surface area contributed by atoms with Gasteiger partial charge in [0.15, 0.2) is 0 Å². The average molecular weight is 288 g/mol. The van der Waals surface area contributed by atoms with Crippen molar-refractivity contribution in [1.82, 2.24) is 20.0 Å². The predicted octanol–water partition coefficient (Wildman–Crippen LogP) is 3.42. The van der Waals surface area contributed by atoms with Crippen LogP contribution in [0.1, 0.15) is 18.7 Å². The molecule has 1 aromatic carbocycles. The Morgan fingerprint density at radius 3 is 2.90 bits per heavy atom. The highest BCUT2D eigenvalue weighted by molar-refractivity contribution is 6.31. The number of benzene rings is 1. The van der Waals surface area contributed by atoms with Gasteiger partial charge in [0.05, 0.1) is 23.1 Å². The van der Waals surface area contributed by atoms with Gasteiger partial charge in [-0.3, -0.25) is 5.10 Å². The van der Waals surface area contributed by atoms with Gasteiger partial charge in [0.2, 0.25) is 0 Å². The molecule has 0 saturated carbocycles. The highest BCUT2D eigenvalue weighted by Crippen LogP contribution is 2.27. The van der Waals surface area contributed by atoms with Crippen molar-refractivity contribution in [2.75, 3.05) is 5.32 Å². The van der Waals surface area contributed by atoms with Crippen molar-refractivity contribution in [2.24, 2.45) is 0 Å². The third-order valence-corrected chi connectivity index (χ3v) is 3.31. The molecular weight excluding hydrogens is 274 g/mol. The molecular formula is C14H14ClN5. The van der Waals surface area contributed by atoms with E-state index in [0.717, 1.165) is 17.1 Å². The van der Waals surface area contributed by atoms with E-state index in [1.807, 2.05) is 36.5 Å². The van der Waals surface area contributed by atoms with Crippen molar-refractivity contribution in [3.05, 3.63) is 59.6 Å². The summed E-state index contributed by atoms with van der Waals surface area (Å²) in [6.07, 6.45) is 5.38. The summed E-state index contributed by atoms with van der Waals surface area (Å²) in [5.41, 5.74) is 2.88. The molecule has 0 amide bonds. The number of halogens is 1. The average Bonchev–Trinajstić information content (AvgIpc) is 3.12. The molecule has 0 radical (unpaired) electrons. The van der Waals surface area contributed by atoms with Gasteiger partial charge in [-0.05, 0) is 37.3 Å². The van der Waals surface area contributed by atoms with E-state index in [2.05, 4.69) is 27.5 Å². The van der Waals surface area contributed by atoms with Gasteiger partial charge in [0.1, 0.15) is 0 Å². The first-order valence-electron chi connectivity index (χ1n) is 6.29. The van der Waals surface area contributed by atoms with Crippen molar-refractivity contribution in [3.63, 3.8) is 0 Å². The maximum absolute atomic E-state index is 6.10. The largest absolute Gasteiger partial charge is 0.375 e. The number of aromatic amines is 1. The van der Waals surface area contributed by atoms with Gasteiger partial charge in [-0.25, -0.2) is 4.68 Å². The fraction of sp³-hybridized carbons (Fsp3) is 0.143. The van der Waals surface area contributed by atoms with Crippen molar-refractivity contribution >= 4 is 17.3 Å². The van der Waals surface area contributed by atoms with E-state index in [-0.39, 0.29) is 6.04 Å². The van der Waals surface area contributed by atoms with Crippen LogP contribution in [0.4, 0.5) is 5.69 Å². The van der Waals surface area contributed by atoms with Crippen molar-refractivity contribution < 1.29 is 0 Å². The smallest absolute Gasteiger partial charge is 0.0878 e. The van der Waals surface area contributed by atoms with E-state index >= 15 is 0 Å². The van der Waals surface area contributed by atoms with Gasteiger partial charge in [0.25, 0.3) is 0 Å². The number of nitrogens with one attached hydrogen (secondary N) is 2. The molecule has 0 fully saturated rings. The number of aromatic nitrogens is 4. The number of nitrogens with zero attached hydrogens (tertiary/aromatic N) is 3. The summed E-state index contributed by atoms with van der Waals surface area (Å²) in [6, 6.07) is 9.60. The van der Waals surface area contributed by atoms with Gasteiger partial charge in [0, 0.05) is 23.6 Å². The van der Waals surface area contributed by atoms with Crippen LogP contribution in [0.2, 0.25) is 5.02 Å². The SMILES string of the molecule is CC(Nc1cc(Cl)ccc1-n1cccn1)c1ccn[nH]1. The zero-order valence-electron chi connectivity index (χ0n) is 10.9. The second-order valence-electron chi connectivity index (χ2n) is 4.49. The Kier molecular flexibility index (Phi) is 3.43. The molecule has 2 N–H and O–H groups in total. The normalized spacial score (nSPS) is 12.3. The first-order valence-corrected chi connectivity index (χ1v) is 6.67. The fourth-order valence-corrected chi connectivity index (χ4v) is 2.23. The van der Waals surface area contributed by atoms with Crippen LogP contribution in [0.25, 0.3) is 5.69 Å². The minimum absolute atomic E-state index is 0.0882. The molecule has 2 aromatic heterocycles. The lowest BCUT2D eigenvalue weighted by Gasteiger charge is -2.17. The van der Waals surface area contributed by atoms with Crippen LogP contribution in [0, 0.1) is 0 Å². The first kappa shape index (κ1) is 12.7. The van der Waals surface area contributed by atoms with E-state index in [9.17, 15) is 0 Å². The van der Waals surface area contributed by atoms with Crippen molar-refractivity contribution in [2.45, 2.75) is 13.0 Å². The Morgan fingerprint density at radius 2 is 2.20 bits per heavy atom. The number of anilines is 1. The van der Waals surface area contributed by atoms with Gasteiger partial charge >= 0.3 is 0 Å². The summed E-state index contributed by atoms with van der Waals surface area (Å²) >= 11 is 6.10. The Hall–Kier alpha value is -2.27. The Balaban J connectivity index is 1.94. The third-order valence-electron chi connectivity index (χ3n) is 3.07. The molecule has 0 spiro atoms. The molecule has 0 aliphatic heterocycles. The second kappa shape index (κ2) is 5.38. The van der Waals surface area contributed by atoms with E-state index in [0.29, 0.717) is 5.02 Å². The van der Waals surface area contributed by atoms with E-state index in [1.54, 1.807) is 17.1 Å². The molecule has 102 valence electrons. The highest BCUT2D eigenvalue weighted by atomic mass is 35.5. The van der Waals surface area contributed by atoms with E-state index in [1.165, 1.54) is 0 Å². The number of hydrogen-bond acceptors (Lipinski definition) is 3. The molecule has 3 rings (SSSR count). The quantitative estimate of drug-likeness (QED) is 0.773. The molecule has 0 aliphatic rings. The van der Waals surface area contributed by atoms with Gasteiger partial charge < -0.3 is 5.32 Å². The standard InChI is InChI=1S/C14H14ClN5/c1-10(12-5-7-16-19-12)18-13-9-11(15)3-4-14(13)20-8-2-6-17-20/h2-10,18H,1H3,(H,16,19). The maximum atomic E-state index is 6.10. The number of hydrogen-bond donors (Lipinski definition) is 2. The molecule has 3 aromatic rings. The molecule has 2 heterocycles. The summed E-state index contributed by atoms with van der Waals surface area (Å²) in [4.78, 5) is 0. The van der Waals surface area contributed by atoms with E-state index in [4.69, 9.17) is 11.6 Å². The number of rotatable bonds is 4. The molecule has 20 heavy (non-hydrogen) atoms. The van der Waals surface area contributed by atoms with Crippen LogP contribution in [-0.4, -0.2) is 20.0 Å². The molecule has 0 saturated heterocycles. The van der Waals surface area contributed by atoms with Crippen LogP contribution in [0.15, 0.2) is 48.9 Å². The molecule has 5 nitrogen and oxygen atoms in total. The monoisotopic (exact) mass is 287 g/mol. The Bertz CT molecular complexity index is 676. The van der Waals surface area contributed by atoms with Gasteiger partial charge in [-0.2, -0.15) is 10.2 Å². The van der Waals surface area contributed by atoms with Gasteiger partial charge in [-0.1, -0.05) is 11.6 Å². The zero-order chi connectivity index (χ0) is 13.9. The lowest BCUT2D eigenvalue weighted by atomic mass is 10.2. The summed E-state index contributed by atoms with van der Waals surface area (Å²) in [5, 5.41) is 15.3. The van der Waals surface area contributed by atoms with Crippen molar-refractivity contribution in [3.8, 4) is 5.69 Å². The van der Waals surface area contributed by atoms with E-state index < -0.39 is 0 Å². The van der Waals surface area contributed by atoms with Crippen LogP contribution in [-0.2, 0) is 0 Å². The number of H-pyrrole nitrogens is 1. The molecule has 1 unspecified atom stereocenters. The summed E-state index contributed by atoms with van der Waals surface area (Å²) in [7, 11) is 0. The van der Waals surface area contributed by atoms with Gasteiger partial charge in [-0.15, -0.1) is 0 Å². The van der Waals surface area contributed by atoms with Crippen LogP contribution in [0.3, 0.4) is 0 Å². The topological polar surface area (TPSA) is 58.5 Å². The Labute approximate surface area is 121 Å². The minimum Gasteiger partial charge on any atom is -0.375 e. The minimum atomic E-state index is 0.0882. The van der Waals surface area contributed by atoms with Crippen LogP contribution < -0.4 is 5.32 Å². The predicted molar refractivity (Wildman–Crippen MR) is 79.2 cm³/mol. The molecule has 1 atom stereocenters. The summed E-state index contributed by atoms with van der Waals surface area (Å²) < 4.78 is 1.80. The summed E-state index contributed by atoms with van der Waals surface area (Å²) in [5.74, 6) is 0.